The summed E-state index contributed by atoms with van der Waals surface area (Å²) in [5.41, 5.74) is 3.34. The fourth-order valence-electron chi connectivity index (χ4n) is 2.87. The van der Waals surface area contributed by atoms with Gasteiger partial charge in [-0.05, 0) is 55.5 Å². The molecule has 0 radical (unpaired) electrons. The molecule has 0 amide bonds. The van der Waals surface area contributed by atoms with E-state index in [0.717, 1.165) is 37.1 Å². The average Bonchev–Trinajstić information content (AvgIpc) is 3.01. The van der Waals surface area contributed by atoms with Crippen LogP contribution < -0.4 is 10.0 Å². The molecule has 2 N–H and O–H groups in total. The van der Waals surface area contributed by atoms with Crippen molar-refractivity contribution in [3.63, 3.8) is 0 Å². The average molecular weight is 330 g/mol. The Morgan fingerprint density at radius 2 is 1.96 bits per heavy atom. The van der Waals surface area contributed by atoms with E-state index < -0.39 is 10.0 Å². The quantitative estimate of drug-likeness (QED) is 0.856. The van der Waals surface area contributed by atoms with E-state index in [9.17, 15) is 8.42 Å². The fourth-order valence-corrected chi connectivity index (χ4v) is 4.20. The lowest BCUT2D eigenvalue weighted by molar-refractivity contribution is 0.547. The smallest absolute Gasteiger partial charge is 0.240 e. The lowest BCUT2D eigenvalue weighted by Crippen LogP contribution is -2.33. The Morgan fingerprint density at radius 3 is 2.74 bits per heavy atom. The predicted octanol–water partition coefficient (Wildman–Crippen LogP) is 2.95. The summed E-state index contributed by atoms with van der Waals surface area (Å²) < 4.78 is 27.8. The van der Waals surface area contributed by atoms with E-state index in [-0.39, 0.29) is 6.04 Å². The normalized spacial score (nSPS) is 15.0. The van der Waals surface area contributed by atoms with E-state index >= 15 is 0 Å². The molecule has 1 aliphatic heterocycles. The second kappa shape index (κ2) is 6.72. The van der Waals surface area contributed by atoms with Gasteiger partial charge in [0.25, 0.3) is 0 Å². The van der Waals surface area contributed by atoms with Crippen molar-refractivity contribution in [3.05, 3.63) is 59.7 Å². The van der Waals surface area contributed by atoms with Crippen LogP contribution in [0.25, 0.3) is 0 Å². The van der Waals surface area contributed by atoms with E-state index in [1.165, 1.54) is 5.56 Å². The van der Waals surface area contributed by atoms with Crippen molar-refractivity contribution in [2.75, 3.05) is 11.9 Å². The summed E-state index contributed by atoms with van der Waals surface area (Å²) in [6.07, 6.45) is 2.51. The van der Waals surface area contributed by atoms with Crippen molar-refractivity contribution < 1.29 is 8.42 Å². The van der Waals surface area contributed by atoms with Gasteiger partial charge in [-0.3, -0.25) is 0 Å². The molecule has 0 saturated heterocycles. The van der Waals surface area contributed by atoms with Gasteiger partial charge in [0.05, 0.1) is 4.90 Å². The van der Waals surface area contributed by atoms with E-state index in [0.29, 0.717) is 4.90 Å². The number of benzene rings is 2. The van der Waals surface area contributed by atoms with E-state index in [2.05, 4.69) is 22.2 Å². The molecule has 122 valence electrons. The lowest BCUT2D eigenvalue weighted by atomic mass is 10.1. The molecule has 0 saturated carbocycles. The molecule has 1 unspecified atom stereocenters. The number of rotatable bonds is 6. The van der Waals surface area contributed by atoms with Crippen LogP contribution in [0.15, 0.2) is 53.4 Å². The maximum absolute atomic E-state index is 12.5. The summed E-state index contributed by atoms with van der Waals surface area (Å²) in [6, 6.07) is 15.3. The van der Waals surface area contributed by atoms with Crippen LogP contribution in [0.1, 0.15) is 24.5 Å². The minimum absolute atomic E-state index is 0.105. The molecule has 23 heavy (non-hydrogen) atoms. The summed E-state index contributed by atoms with van der Waals surface area (Å²) >= 11 is 0. The largest absolute Gasteiger partial charge is 0.384 e. The van der Waals surface area contributed by atoms with Crippen LogP contribution in [0.2, 0.25) is 0 Å². The number of aryl methyl sites for hydroxylation is 1. The Morgan fingerprint density at radius 1 is 1.17 bits per heavy atom. The van der Waals surface area contributed by atoms with Gasteiger partial charge >= 0.3 is 0 Å². The summed E-state index contributed by atoms with van der Waals surface area (Å²) in [6.45, 7) is 2.79. The first kappa shape index (κ1) is 16.0. The molecule has 5 heteroatoms. The molecule has 1 aliphatic rings. The second-order valence-electron chi connectivity index (χ2n) is 6.04. The van der Waals surface area contributed by atoms with Crippen molar-refractivity contribution in [1.82, 2.24) is 4.72 Å². The molecule has 4 nitrogen and oxygen atoms in total. The van der Waals surface area contributed by atoms with Crippen LogP contribution in [-0.2, 0) is 22.9 Å². The number of anilines is 1. The SMILES string of the molecule is CC(CCc1ccccc1)NS(=O)(=O)c1ccc2c(c1)CCN2. The van der Waals surface area contributed by atoms with Crippen molar-refractivity contribution in [3.8, 4) is 0 Å². The van der Waals surface area contributed by atoms with Gasteiger partial charge in [-0.1, -0.05) is 30.3 Å². The highest BCUT2D eigenvalue weighted by Crippen LogP contribution is 2.25. The van der Waals surface area contributed by atoms with Gasteiger partial charge in [-0.2, -0.15) is 0 Å². The molecule has 0 fully saturated rings. The third-order valence-electron chi connectivity index (χ3n) is 4.16. The van der Waals surface area contributed by atoms with Gasteiger partial charge in [0.15, 0.2) is 0 Å². The summed E-state index contributed by atoms with van der Waals surface area (Å²) in [7, 11) is -3.46. The third-order valence-corrected chi connectivity index (χ3v) is 5.75. The monoisotopic (exact) mass is 330 g/mol. The topological polar surface area (TPSA) is 58.2 Å². The molecule has 0 bridgehead atoms. The molecule has 1 heterocycles. The maximum atomic E-state index is 12.5. The highest BCUT2D eigenvalue weighted by Gasteiger charge is 2.20. The van der Waals surface area contributed by atoms with Crippen LogP contribution in [0, 0.1) is 0 Å². The van der Waals surface area contributed by atoms with Crippen LogP contribution in [0.5, 0.6) is 0 Å². The minimum Gasteiger partial charge on any atom is -0.384 e. The van der Waals surface area contributed by atoms with Gasteiger partial charge in [-0.25, -0.2) is 13.1 Å². The number of sulfonamides is 1. The zero-order valence-corrected chi connectivity index (χ0v) is 14.1. The molecular formula is C18H22N2O2S. The minimum atomic E-state index is -3.46. The maximum Gasteiger partial charge on any atom is 0.240 e. The van der Waals surface area contributed by atoms with Gasteiger partial charge in [0.1, 0.15) is 0 Å². The van der Waals surface area contributed by atoms with Crippen molar-refractivity contribution in [2.24, 2.45) is 0 Å². The van der Waals surface area contributed by atoms with Gasteiger partial charge < -0.3 is 5.32 Å². The fraction of sp³-hybridized carbons (Fsp3) is 0.333. The standard InChI is InChI=1S/C18H22N2O2S/c1-14(7-8-15-5-3-2-4-6-15)20-23(21,22)17-9-10-18-16(13-17)11-12-19-18/h2-6,9-10,13-14,19-20H,7-8,11-12H2,1H3. The Bertz CT molecular complexity index is 773. The number of hydrogen-bond donors (Lipinski definition) is 2. The molecular weight excluding hydrogens is 308 g/mol. The first-order valence-electron chi connectivity index (χ1n) is 7.98. The molecule has 2 aromatic rings. The molecule has 3 rings (SSSR count). The number of fused-ring (bicyclic) bond motifs is 1. The second-order valence-corrected chi connectivity index (χ2v) is 7.76. The van der Waals surface area contributed by atoms with Crippen molar-refractivity contribution >= 4 is 15.7 Å². The van der Waals surface area contributed by atoms with Crippen LogP contribution >= 0.6 is 0 Å². The van der Waals surface area contributed by atoms with Gasteiger partial charge in [0.2, 0.25) is 10.0 Å². The van der Waals surface area contributed by atoms with Crippen LogP contribution in [-0.4, -0.2) is 21.0 Å². The van der Waals surface area contributed by atoms with Crippen LogP contribution in [0.3, 0.4) is 0 Å². The first-order valence-corrected chi connectivity index (χ1v) is 9.46. The molecule has 2 aromatic carbocycles. The lowest BCUT2D eigenvalue weighted by Gasteiger charge is -2.15. The summed E-state index contributed by atoms with van der Waals surface area (Å²) in [4.78, 5) is 0.353. The van der Waals surface area contributed by atoms with Gasteiger partial charge in [-0.15, -0.1) is 0 Å². The Kier molecular flexibility index (Phi) is 4.68. The zero-order valence-electron chi connectivity index (χ0n) is 13.2. The predicted molar refractivity (Wildman–Crippen MR) is 93.2 cm³/mol. The Balaban J connectivity index is 1.63. The van der Waals surface area contributed by atoms with E-state index in [4.69, 9.17) is 0 Å². The molecule has 1 atom stereocenters. The first-order chi connectivity index (χ1) is 11.0. The van der Waals surface area contributed by atoms with E-state index in [1.54, 1.807) is 12.1 Å². The number of nitrogens with one attached hydrogen (secondary N) is 2. The molecule has 0 spiro atoms. The highest BCUT2D eigenvalue weighted by atomic mass is 32.2. The van der Waals surface area contributed by atoms with Crippen LogP contribution in [0.4, 0.5) is 5.69 Å². The summed E-state index contributed by atoms with van der Waals surface area (Å²) in [5, 5.41) is 3.24. The van der Waals surface area contributed by atoms with E-state index in [1.807, 2.05) is 31.2 Å². The number of hydrogen-bond acceptors (Lipinski definition) is 3. The Hall–Kier alpha value is -1.85. The molecule has 0 aromatic heterocycles. The van der Waals surface area contributed by atoms with Crippen molar-refractivity contribution in [1.29, 1.82) is 0 Å². The zero-order chi connectivity index (χ0) is 16.3. The highest BCUT2D eigenvalue weighted by molar-refractivity contribution is 7.89. The summed E-state index contributed by atoms with van der Waals surface area (Å²) in [5.74, 6) is 0. The van der Waals surface area contributed by atoms with Crippen molar-refractivity contribution in [2.45, 2.75) is 37.1 Å². The third kappa shape index (κ3) is 3.92. The van der Waals surface area contributed by atoms with Gasteiger partial charge in [0, 0.05) is 18.3 Å². The molecule has 0 aliphatic carbocycles. The Labute approximate surface area is 138 Å².